The molecule has 2 aromatic carbocycles. The molecule has 7 nitrogen and oxygen atoms in total. The van der Waals surface area contributed by atoms with Crippen molar-refractivity contribution in [3.63, 3.8) is 0 Å². The molecule has 170 valence electrons. The number of aromatic nitrogens is 3. The van der Waals surface area contributed by atoms with Gasteiger partial charge in [-0.05, 0) is 30.3 Å². The fraction of sp³-hybridized carbons (Fsp3) is 0.227. The normalized spacial score (nSPS) is 14.6. The first-order chi connectivity index (χ1) is 15.9. The van der Waals surface area contributed by atoms with Crippen LogP contribution in [0.25, 0.3) is 22.4 Å². The first-order valence-corrected chi connectivity index (χ1v) is 11.0. The quantitative estimate of drug-likeness (QED) is 0.445. The molecular formula is C22H18F3N5O2S. The molecule has 0 bridgehead atoms. The van der Waals surface area contributed by atoms with Gasteiger partial charge in [0.15, 0.2) is 5.13 Å². The average Bonchev–Trinajstić information content (AvgIpc) is 3.48. The molecule has 2 N–H and O–H groups in total. The Morgan fingerprint density at radius 1 is 1.18 bits per heavy atom. The van der Waals surface area contributed by atoms with Gasteiger partial charge in [-0.2, -0.15) is 13.2 Å². The van der Waals surface area contributed by atoms with Crippen molar-refractivity contribution in [1.82, 2.24) is 15.0 Å². The Morgan fingerprint density at radius 2 is 2.00 bits per heavy atom. The fourth-order valence-electron chi connectivity index (χ4n) is 3.78. The van der Waals surface area contributed by atoms with Gasteiger partial charge in [0.2, 0.25) is 0 Å². The first-order valence-electron chi connectivity index (χ1n) is 10.1. The number of carbonyl (C=O) groups is 1. The number of hydrogen-bond acceptors (Lipinski definition) is 6. The van der Waals surface area contributed by atoms with E-state index in [0.717, 1.165) is 6.07 Å². The van der Waals surface area contributed by atoms with Crippen molar-refractivity contribution in [3.05, 3.63) is 59.1 Å². The summed E-state index contributed by atoms with van der Waals surface area (Å²) in [6.07, 6.45) is -3.02. The van der Waals surface area contributed by atoms with Crippen molar-refractivity contribution in [1.29, 1.82) is 0 Å². The van der Waals surface area contributed by atoms with Gasteiger partial charge in [-0.1, -0.05) is 6.07 Å². The van der Waals surface area contributed by atoms with Crippen LogP contribution < -0.4 is 10.2 Å². The lowest BCUT2D eigenvalue weighted by atomic mass is 10.0. The van der Waals surface area contributed by atoms with Crippen LogP contribution in [0.15, 0.2) is 48.0 Å². The first kappa shape index (κ1) is 21.4. The summed E-state index contributed by atoms with van der Waals surface area (Å²) in [5, 5.41) is 4.82. The lowest BCUT2D eigenvalue weighted by Crippen LogP contribution is -2.36. The number of H-pyrrole nitrogens is 1. The topological polar surface area (TPSA) is 83.1 Å². The number of rotatable bonds is 4. The number of thiazole rings is 1. The van der Waals surface area contributed by atoms with Crippen LogP contribution in [0.5, 0.6) is 0 Å². The second-order valence-electron chi connectivity index (χ2n) is 7.41. The number of anilines is 2. The monoisotopic (exact) mass is 473 g/mol. The Balaban J connectivity index is 1.55. The highest BCUT2D eigenvalue weighted by Gasteiger charge is 2.35. The van der Waals surface area contributed by atoms with Crippen molar-refractivity contribution >= 4 is 39.1 Å². The van der Waals surface area contributed by atoms with Crippen molar-refractivity contribution in [2.24, 2.45) is 0 Å². The largest absolute Gasteiger partial charge is 0.417 e. The van der Waals surface area contributed by atoms with Gasteiger partial charge in [0.1, 0.15) is 11.3 Å². The zero-order valence-electron chi connectivity index (χ0n) is 17.1. The van der Waals surface area contributed by atoms with Crippen LogP contribution in [0.4, 0.5) is 24.0 Å². The number of morpholine rings is 1. The number of carbonyl (C=O) groups excluding carboxylic acids is 1. The molecule has 1 fully saturated rings. The number of nitrogens with zero attached hydrogens (tertiary/aromatic N) is 3. The van der Waals surface area contributed by atoms with Crippen LogP contribution in [0.3, 0.4) is 0 Å². The second kappa shape index (κ2) is 8.49. The maximum Gasteiger partial charge on any atom is 0.417 e. The second-order valence-corrected chi connectivity index (χ2v) is 8.30. The van der Waals surface area contributed by atoms with E-state index in [9.17, 15) is 18.0 Å². The molecular weight excluding hydrogens is 455 g/mol. The van der Waals surface area contributed by atoms with Gasteiger partial charge < -0.3 is 14.6 Å². The van der Waals surface area contributed by atoms with Gasteiger partial charge in [0, 0.05) is 35.9 Å². The van der Waals surface area contributed by atoms with Gasteiger partial charge in [0.25, 0.3) is 5.91 Å². The third-order valence-electron chi connectivity index (χ3n) is 5.35. The number of amides is 1. The molecule has 2 aromatic heterocycles. The van der Waals surface area contributed by atoms with E-state index >= 15 is 0 Å². The molecule has 0 unspecified atom stereocenters. The molecule has 0 atom stereocenters. The number of fused-ring (bicyclic) bond motifs is 1. The van der Waals surface area contributed by atoms with Crippen LogP contribution in [0.2, 0.25) is 0 Å². The van der Waals surface area contributed by atoms with Gasteiger partial charge in [-0.15, -0.1) is 11.3 Å². The molecule has 1 amide bonds. The molecule has 0 spiro atoms. The fourth-order valence-corrected chi connectivity index (χ4v) is 4.31. The summed E-state index contributed by atoms with van der Waals surface area (Å²) in [7, 11) is 0. The Morgan fingerprint density at radius 3 is 2.73 bits per heavy atom. The number of alkyl halides is 3. The predicted octanol–water partition coefficient (Wildman–Crippen LogP) is 4.79. The smallest absolute Gasteiger partial charge is 0.378 e. The average molecular weight is 473 g/mol. The number of ether oxygens (including phenoxy) is 1. The maximum absolute atomic E-state index is 14.0. The maximum atomic E-state index is 14.0. The van der Waals surface area contributed by atoms with E-state index in [1.807, 2.05) is 4.90 Å². The SMILES string of the molecule is O=C(Nc1nccs1)c1cccc2[nH]c(-c3ccc(N4CCOCC4)cc3C(F)(F)F)nc12. The number of benzene rings is 2. The Bertz CT molecular complexity index is 1300. The minimum absolute atomic E-state index is 0.0420. The molecule has 4 aromatic rings. The van der Waals surface area contributed by atoms with Crippen molar-refractivity contribution in [2.45, 2.75) is 6.18 Å². The number of para-hydroxylation sites is 1. The third kappa shape index (κ3) is 4.29. The minimum Gasteiger partial charge on any atom is -0.378 e. The van der Waals surface area contributed by atoms with Crippen molar-refractivity contribution in [2.75, 3.05) is 36.5 Å². The summed E-state index contributed by atoms with van der Waals surface area (Å²) in [6, 6.07) is 9.10. The predicted molar refractivity (Wildman–Crippen MR) is 120 cm³/mol. The third-order valence-corrected chi connectivity index (χ3v) is 6.04. The van der Waals surface area contributed by atoms with Crippen LogP contribution in [-0.4, -0.2) is 47.2 Å². The Labute approximate surface area is 190 Å². The summed E-state index contributed by atoms with van der Waals surface area (Å²) in [6.45, 7) is 1.99. The van der Waals surface area contributed by atoms with Crippen LogP contribution in [0.1, 0.15) is 15.9 Å². The van der Waals surface area contributed by atoms with Crippen LogP contribution in [-0.2, 0) is 10.9 Å². The highest BCUT2D eigenvalue weighted by molar-refractivity contribution is 7.13. The highest BCUT2D eigenvalue weighted by Crippen LogP contribution is 2.39. The van der Waals surface area contributed by atoms with Crippen molar-refractivity contribution in [3.8, 4) is 11.4 Å². The Kier molecular flexibility index (Phi) is 5.51. The zero-order chi connectivity index (χ0) is 23.0. The summed E-state index contributed by atoms with van der Waals surface area (Å²) in [5.41, 5.74) is 0.591. The van der Waals surface area contributed by atoms with Gasteiger partial charge in [0.05, 0.1) is 29.9 Å². The molecule has 0 saturated carbocycles. The van der Waals surface area contributed by atoms with E-state index in [0.29, 0.717) is 42.6 Å². The van der Waals surface area contributed by atoms with E-state index in [1.54, 1.807) is 35.8 Å². The molecule has 0 radical (unpaired) electrons. The zero-order valence-corrected chi connectivity index (χ0v) is 18.0. The van der Waals surface area contributed by atoms with Gasteiger partial charge >= 0.3 is 6.18 Å². The summed E-state index contributed by atoms with van der Waals surface area (Å²) in [5.74, 6) is -0.396. The number of nitrogens with one attached hydrogen (secondary N) is 2. The Hall–Kier alpha value is -3.44. The number of halogens is 3. The van der Waals surface area contributed by atoms with E-state index in [1.165, 1.54) is 17.4 Å². The highest BCUT2D eigenvalue weighted by atomic mass is 32.1. The molecule has 0 aliphatic carbocycles. The summed E-state index contributed by atoms with van der Waals surface area (Å²) in [4.78, 5) is 25.9. The molecule has 5 rings (SSSR count). The summed E-state index contributed by atoms with van der Waals surface area (Å²) >= 11 is 1.26. The van der Waals surface area contributed by atoms with E-state index in [4.69, 9.17) is 4.74 Å². The number of imidazole rings is 1. The van der Waals surface area contributed by atoms with Gasteiger partial charge in [-0.3, -0.25) is 10.1 Å². The number of hydrogen-bond donors (Lipinski definition) is 2. The molecule has 1 aliphatic rings. The van der Waals surface area contributed by atoms with Crippen LogP contribution >= 0.6 is 11.3 Å². The van der Waals surface area contributed by atoms with Crippen molar-refractivity contribution < 1.29 is 22.7 Å². The summed E-state index contributed by atoms with van der Waals surface area (Å²) < 4.78 is 47.3. The molecule has 1 aliphatic heterocycles. The lowest BCUT2D eigenvalue weighted by molar-refractivity contribution is -0.137. The number of aromatic amines is 1. The minimum atomic E-state index is -4.58. The molecule has 1 saturated heterocycles. The van der Waals surface area contributed by atoms with Crippen LogP contribution in [0, 0.1) is 0 Å². The van der Waals surface area contributed by atoms with E-state index in [-0.39, 0.29) is 22.5 Å². The molecule has 3 heterocycles. The molecule has 11 heteroatoms. The standard InChI is InChI=1S/C22H18F3N5O2S/c23-22(24,25)16-12-13(30-7-9-32-10-8-30)4-5-14(16)19-27-17-3-1-2-15(18(17)28-19)20(31)29-21-26-6-11-33-21/h1-6,11-12H,7-10H2,(H,27,28)(H,26,29,31). The van der Waals surface area contributed by atoms with E-state index in [2.05, 4.69) is 20.3 Å². The lowest BCUT2D eigenvalue weighted by Gasteiger charge is -2.29. The van der Waals surface area contributed by atoms with Gasteiger partial charge in [-0.25, -0.2) is 9.97 Å². The molecule has 33 heavy (non-hydrogen) atoms. The van der Waals surface area contributed by atoms with E-state index < -0.39 is 17.6 Å².